The van der Waals surface area contributed by atoms with E-state index in [2.05, 4.69) is 4.98 Å². The zero-order chi connectivity index (χ0) is 13.3. The Morgan fingerprint density at radius 2 is 1.63 bits per heavy atom. The van der Waals surface area contributed by atoms with E-state index in [4.69, 9.17) is 15.2 Å². The van der Waals surface area contributed by atoms with Crippen LogP contribution in [0.5, 0.6) is 11.5 Å². The normalized spacial score (nSPS) is 10.2. The SMILES string of the molecule is NCc1ccc(OCCCOc2ccccc2)cn1. The second-order valence-corrected chi connectivity index (χ2v) is 4.05. The van der Waals surface area contributed by atoms with Crippen molar-refractivity contribution in [3.05, 3.63) is 54.4 Å². The van der Waals surface area contributed by atoms with Gasteiger partial charge in [0.1, 0.15) is 11.5 Å². The molecule has 4 nitrogen and oxygen atoms in total. The van der Waals surface area contributed by atoms with Crippen molar-refractivity contribution in [2.45, 2.75) is 13.0 Å². The van der Waals surface area contributed by atoms with Gasteiger partial charge in [-0.2, -0.15) is 0 Å². The molecule has 4 heteroatoms. The van der Waals surface area contributed by atoms with Crippen molar-refractivity contribution in [3.8, 4) is 11.5 Å². The maximum absolute atomic E-state index is 5.57. The van der Waals surface area contributed by atoms with Crippen LogP contribution in [0.2, 0.25) is 0 Å². The lowest BCUT2D eigenvalue weighted by atomic mass is 10.3. The minimum absolute atomic E-state index is 0.450. The molecule has 1 aromatic carbocycles. The Morgan fingerprint density at radius 1 is 0.895 bits per heavy atom. The predicted molar refractivity (Wildman–Crippen MR) is 74.2 cm³/mol. The first-order valence-electron chi connectivity index (χ1n) is 6.34. The summed E-state index contributed by atoms with van der Waals surface area (Å²) in [6.07, 6.45) is 2.52. The largest absolute Gasteiger partial charge is 0.493 e. The Labute approximate surface area is 113 Å². The van der Waals surface area contributed by atoms with Gasteiger partial charge in [-0.15, -0.1) is 0 Å². The predicted octanol–water partition coefficient (Wildman–Crippen LogP) is 2.39. The number of benzene rings is 1. The second kappa shape index (κ2) is 7.38. The fourth-order valence-corrected chi connectivity index (χ4v) is 1.57. The van der Waals surface area contributed by atoms with Crippen LogP contribution in [-0.4, -0.2) is 18.2 Å². The van der Waals surface area contributed by atoms with Crippen LogP contribution in [0, 0.1) is 0 Å². The molecule has 1 heterocycles. The molecule has 0 unspecified atom stereocenters. The van der Waals surface area contributed by atoms with Crippen molar-refractivity contribution in [3.63, 3.8) is 0 Å². The summed E-state index contributed by atoms with van der Waals surface area (Å²) in [4.78, 5) is 4.16. The van der Waals surface area contributed by atoms with Crippen LogP contribution in [0.15, 0.2) is 48.7 Å². The molecule has 0 radical (unpaired) electrons. The molecule has 0 saturated heterocycles. The standard InChI is InChI=1S/C15H18N2O2/c16-11-13-7-8-15(12-17-13)19-10-4-9-18-14-5-2-1-3-6-14/h1-3,5-8,12H,4,9-11,16H2. The fourth-order valence-electron chi connectivity index (χ4n) is 1.57. The van der Waals surface area contributed by atoms with Crippen molar-refractivity contribution in [2.24, 2.45) is 5.73 Å². The highest BCUT2D eigenvalue weighted by Gasteiger charge is 1.96. The number of hydrogen-bond donors (Lipinski definition) is 1. The summed E-state index contributed by atoms with van der Waals surface area (Å²) >= 11 is 0. The molecule has 0 aliphatic heterocycles. The van der Waals surface area contributed by atoms with Gasteiger partial charge in [-0.1, -0.05) is 18.2 Å². The zero-order valence-electron chi connectivity index (χ0n) is 10.8. The number of rotatable bonds is 7. The quantitative estimate of drug-likeness (QED) is 0.775. The molecular formula is C15H18N2O2. The van der Waals surface area contributed by atoms with Gasteiger partial charge in [0, 0.05) is 13.0 Å². The van der Waals surface area contributed by atoms with Crippen molar-refractivity contribution in [2.75, 3.05) is 13.2 Å². The molecule has 2 rings (SSSR count). The summed E-state index contributed by atoms with van der Waals surface area (Å²) < 4.78 is 11.1. The molecule has 0 fully saturated rings. The van der Waals surface area contributed by atoms with E-state index < -0.39 is 0 Å². The Morgan fingerprint density at radius 3 is 2.26 bits per heavy atom. The Hall–Kier alpha value is -2.07. The molecule has 1 aromatic heterocycles. The average Bonchev–Trinajstić information content (AvgIpc) is 2.49. The van der Waals surface area contributed by atoms with Crippen LogP contribution in [-0.2, 0) is 6.54 Å². The first-order valence-corrected chi connectivity index (χ1v) is 6.34. The number of nitrogens with zero attached hydrogens (tertiary/aromatic N) is 1. The van der Waals surface area contributed by atoms with Crippen molar-refractivity contribution in [1.82, 2.24) is 4.98 Å². The molecule has 2 aromatic rings. The number of ether oxygens (including phenoxy) is 2. The van der Waals surface area contributed by atoms with Gasteiger partial charge >= 0.3 is 0 Å². The zero-order valence-corrected chi connectivity index (χ0v) is 10.8. The van der Waals surface area contributed by atoms with E-state index in [-0.39, 0.29) is 0 Å². The van der Waals surface area contributed by atoms with Gasteiger partial charge in [0.25, 0.3) is 0 Å². The van der Waals surface area contributed by atoms with Gasteiger partial charge in [-0.3, -0.25) is 4.98 Å². The first-order chi connectivity index (χ1) is 9.38. The van der Waals surface area contributed by atoms with Crippen LogP contribution in [0.1, 0.15) is 12.1 Å². The molecule has 0 atom stereocenters. The van der Waals surface area contributed by atoms with E-state index in [0.29, 0.717) is 19.8 Å². The maximum Gasteiger partial charge on any atom is 0.137 e. The minimum atomic E-state index is 0.450. The number of pyridine rings is 1. The number of para-hydroxylation sites is 1. The summed E-state index contributed by atoms with van der Waals surface area (Å²) in [5.41, 5.74) is 6.34. The van der Waals surface area contributed by atoms with Gasteiger partial charge in [-0.05, 0) is 24.3 Å². The van der Waals surface area contributed by atoms with E-state index >= 15 is 0 Å². The van der Waals surface area contributed by atoms with Crippen LogP contribution < -0.4 is 15.2 Å². The molecule has 0 aliphatic rings. The van der Waals surface area contributed by atoms with E-state index in [9.17, 15) is 0 Å². The van der Waals surface area contributed by atoms with Crippen molar-refractivity contribution in [1.29, 1.82) is 0 Å². The fraction of sp³-hybridized carbons (Fsp3) is 0.267. The van der Waals surface area contributed by atoms with E-state index in [1.807, 2.05) is 42.5 Å². The van der Waals surface area contributed by atoms with E-state index in [1.54, 1.807) is 6.20 Å². The molecule has 0 bridgehead atoms. The Kier molecular flexibility index (Phi) is 5.19. The molecular weight excluding hydrogens is 240 g/mol. The molecule has 19 heavy (non-hydrogen) atoms. The molecule has 2 N–H and O–H groups in total. The number of hydrogen-bond acceptors (Lipinski definition) is 4. The number of aromatic nitrogens is 1. The molecule has 0 saturated carbocycles. The van der Waals surface area contributed by atoms with Crippen LogP contribution in [0.4, 0.5) is 0 Å². The highest BCUT2D eigenvalue weighted by atomic mass is 16.5. The highest BCUT2D eigenvalue weighted by Crippen LogP contribution is 2.10. The van der Waals surface area contributed by atoms with E-state index in [0.717, 1.165) is 23.6 Å². The molecule has 0 aliphatic carbocycles. The van der Waals surface area contributed by atoms with Crippen LogP contribution >= 0.6 is 0 Å². The third kappa shape index (κ3) is 4.60. The third-order valence-electron chi connectivity index (χ3n) is 2.58. The van der Waals surface area contributed by atoms with Gasteiger partial charge in [0.2, 0.25) is 0 Å². The van der Waals surface area contributed by atoms with Gasteiger partial charge < -0.3 is 15.2 Å². The highest BCUT2D eigenvalue weighted by molar-refractivity contribution is 5.21. The summed E-state index contributed by atoms with van der Waals surface area (Å²) in [5, 5.41) is 0. The second-order valence-electron chi connectivity index (χ2n) is 4.05. The van der Waals surface area contributed by atoms with E-state index in [1.165, 1.54) is 0 Å². The topological polar surface area (TPSA) is 57.4 Å². The van der Waals surface area contributed by atoms with Crippen LogP contribution in [0.25, 0.3) is 0 Å². The third-order valence-corrected chi connectivity index (χ3v) is 2.58. The molecule has 0 spiro atoms. The van der Waals surface area contributed by atoms with Crippen LogP contribution in [0.3, 0.4) is 0 Å². The lowest BCUT2D eigenvalue weighted by Crippen LogP contribution is -2.05. The monoisotopic (exact) mass is 258 g/mol. The summed E-state index contributed by atoms with van der Waals surface area (Å²) in [5.74, 6) is 1.65. The molecule has 0 amide bonds. The first kappa shape index (κ1) is 13.4. The summed E-state index contributed by atoms with van der Waals surface area (Å²) in [6.45, 7) is 1.69. The summed E-state index contributed by atoms with van der Waals surface area (Å²) in [7, 11) is 0. The Bertz CT molecular complexity index is 471. The number of nitrogens with two attached hydrogens (primary N) is 1. The minimum Gasteiger partial charge on any atom is -0.493 e. The van der Waals surface area contributed by atoms with Crippen molar-refractivity contribution < 1.29 is 9.47 Å². The van der Waals surface area contributed by atoms with Gasteiger partial charge in [0.05, 0.1) is 25.1 Å². The lowest BCUT2D eigenvalue weighted by molar-refractivity contribution is 0.247. The summed E-state index contributed by atoms with van der Waals surface area (Å²) in [6, 6.07) is 13.5. The maximum atomic E-state index is 5.57. The van der Waals surface area contributed by atoms with Gasteiger partial charge in [0.15, 0.2) is 0 Å². The molecule has 100 valence electrons. The van der Waals surface area contributed by atoms with Gasteiger partial charge in [-0.25, -0.2) is 0 Å². The smallest absolute Gasteiger partial charge is 0.137 e. The lowest BCUT2D eigenvalue weighted by Gasteiger charge is -2.08. The Balaban J connectivity index is 1.63. The van der Waals surface area contributed by atoms with Crippen molar-refractivity contribution >= 4 is 0 Å². The average molecular weight is 258 g/mol.